The highest BCUT2D eigenvalue weighted by Gasteiger charge is 2.41. The zero-order valence-corrected chi connectivity index (χ0v) is 18.6. The van der Waals surface area contributed by atoms with Crippen molar-refractivity contribution in [3.05, 3.63) is 96.1 Å². The summed E-state index contributed by atoms with van der Waals surface area (Å²) in [5.74, 6) is -0.468. The van der Waals surface area contributed by atoms with Gasteiger partial charge in [0.2, 0.25) is 0 Å². The molecule has 2 atom stereocenters. The average molecular weight is 446 g/mol. The Kier molecular flexibility index (Phi) is 7.37. The second-order valence-electron chi connectivity index (χ2n) is 7.96. The third-order valence-electron chi connectivity index (χ3n) is 5.72. The van der Waals surface area contributed by atoms with E-state index in [1.54, 1.807) is 0 Å². The number of benzene rings is 3. The first-order valence-corrected chi connectivity index (χ1v) is 10.9. The van der Waals surface area contributed by atoms with Gasteiger partial charge in [-0.3, -0.25) is 4.90 Å². The molecule has 1 aliphatic heterocycles. The SMILES string of the molecule is COC(=O)C1CC(OCc2ccccc2)CN1C(=O)OCc1ccc(-c2ccccc2)cc1. The molecule has 0 bridgehead atoms. The molecule has 2 unspecified atom stereocenters. The molecular formula is C27H27NO5. The second-order valence-corrected chi connectivity index (χ2v) is 7.96. The summed E-state index contributed by atoms with van der Waals surface area (Å²) in [6.45, 7) is 0.808. The highest BCUT2D eigenvalue weighted by atomic mass is 16.6. The Hall–Kier alpha value is -3.64. The number of nitrogens with zero attached hydrogens (tertiary/aromatic N) is 1. The number of likely N-dealkylation sites (tertiary alicyclic amines) is 1. The highest BCUT2D eigenvalue weighted by molar-refractivity contribution is 5.82. The van der Waals surface area contributed by atoms with Gasteiger partial charge >= 0.3 is 12.1 Å². The van der Waals surface area contributed by atoms with E-state index in [0.717, 1.165) is 22.3 Å². The van der Waals surface area contributed by atoms with Gasteiger partial charge in [0, 0.05) is 6.42 Å². The van der Waals surface area contributed by atoms with Crippen molar-refractivity contribution in [1.29, 1.82) is 0 Å². The fourth-order valence-electron chi connectivity index (χ4n) is 3.92. The van der Waals surface area contributed by atoms with Crippen LogP contribution in [0.2, 0.25) is 0 Å². The van der Waals surface area contributed by atoms with Gasteiger partial charge in [0.1, 0.15) is 12.6 Å². The Balaban J connectivity index is 1.34. The molecule has 3 aromatic rings. The maximum atomic E-state index is 12.8. The highest BCUT2D eigenvalue weighted by Crippen LogP contribution is 2.24. The fourth-order valence-corrected chi connectivity index (χ4v) is 3.92. The van der Waals surface area contributed by atoms with E-state index in [1.165, 1.54) is 12.0 Å². The molecule has 6 heteroatoms. The minimum atomic E-state index is -0.719. The van der Waals surface area contributed by atoms with Crippen LogP contribution in [-0.4, -0.2) is 42.8 Å². The molecule has 33 heavy (non-hydrogen) atoms. The summed E-state index contributed by atoms with van der Waals surface area (Å²) < 4.78 is 16.4. The molecular weight excluding hydrogens is 418 g/mol. The molecule has 0 aromatic heterocycles. The Morgan fingerprint density at radius 2 is 1.42 bits per heavy atom. The van der Waals surface area contributed by atoms with Crippen LogP contribution in [0.25, 0.3) is 11.1 Å². The summed E-state index contributed by atoms with van der Waals surface area (Å²) in [6.07, 6.45) is -0.448. The first-order valence-electron chi connectivity index (χ1n) is 10.9. The largest absolute Gasteiger partial charge is 0.467 e. The molecule has 0 saturated carbocycles. The molecule has 1 saturated heterocycles. The summed E-state index contributed by atoms with van der Waals surface area (Å²) in [5.41, 5.74) is 4.12. The Morgan fingerprint density at radius 1 is 0.818 bits per heavy atom. The lowest BCUT2D eigenvalue weighted by Gasteiger charge is -2.21. The van der Waals surface area contributed by atoms with Crippen LogP contribution in [0.3, 0.4) is 0 Å². The van der Waals surface area contributed by atoms with Gasteiger partial charge in [-0.2, -0.15) is 0 Å². The summed E-state index contributed by atoms with van der Waals surface area (Å²) in [7, 11) is 1.32. The van der Waals surface area contributed by atoms with Crippen molar-refractivity contribution in [1.82, 2.24) is 4.90 Å². The van der Waals surface area contributed by atoms with Gasteiger partial charge in [-0.25, -0.2) is 9.59 Å². The van der Waals surface area contributed by atoms with E-state index in [1.807, 2.05) is 84.9 Å². The molecule has 0 radical (unpaired) electrons. The molecule has 1 amide bonds. The maximum Gasteiger partial charge on any atom is 0.410 e. The van der Waals surface area contributed by atoms with Gasteiger partial charge in [0.05, 0.1) is 26.4 Å². The lowest BCUT2D eigenvalue weighted by molar-refractivity contribution is -0.145. The summed E-state index contributed by atoms with van der Waals surface area (Å²) in [5, 5.41) is 0. The third kappa shape index (κ3) is 5.79. The van der Waals surface area contributed by atoms with E-state index in [0.29, 0.717) is 13.0 Å². The molecule has 3 aromatic carbocycles. The number of hydrogen-bond donors (Lipinski definition) is 0. The van der Waals surface area contributed by atoms with Crippen LogP contribution in [0.4, 0.5) is 4.79 Å². The zero-order chi connectivity index (χ0) is 23.0. The van der Waals surface area contributed by atoms with E-state index in [2.05, 4.69) is 0 Å². The van der Waals surface area contributed by atoms with E-state index >= 15 is 0 Å². The molecule has 1 fully saturated rings. The lowest BCUT2D eigenvalue weighted by atomic mass is 10.0. The lowest BCUT2D eigenvalue weighted by Crippen LogP contribution is -2.41. The predicted molar refractivity (Wildman–Crippen MR) is 124 cm³/mol. The summed E-state index contributed by atoms with van der Waals surface area (Å²) in [4.78, 5) is 26.5. The number of carbonyl (C=O) groups excluding carboxylic acids is 2. The van der Waals surface area contributed by atoms with Crippen molar-refractivity contribution in [3.8, 4) is 11.1 Å². The fraction of sp³-hybridized carbons (Fsp3) is 0.259. The molecule has 1 aliphatic rings. The number of hydrogen-bond acceptors (Lipinski definition) is 5. The number of esters is 1. The number of rotatable bonds is 7. The number of carbonyl (C=O) groups is 2. The van der Waals surface area contributed by atoms with Gasteiger partial charge in [0.25, 0.3) is 0 Å². The van der Waals surface area contributed by atoms with Crippen molar-refractivity contribution in [2.24, 2.45) is 0 Å². The Bertz CT molecular complexity index is 1050. The van der Waals surface area contributed by atoms with Crippen molar-refractivity contribution >= 4 is 12.1 Å². The first-order chi connectivity index (χ1) is 16.1. The Morgan fingerprint density at radius 3 is 2.09 bits per heavy atom. The van der Waals surface area contributed by atoms with Gasteiger partial charge < -0.3 is 14.2 Å². The molecule has 4 rings (SSSR count). The number of ether oxygens (including phenoxy) is 3. The number of methoxy groups -OCH3 is 1. The average Bonchev–Trinajstić information content (AvgIpc) is 3.31. The van der Waals surface area contributed by atoms with Gasteiger partial charge in [-0.05, 0) is 22.3 Å². The molecule has 6 nitrogen and oxygen atoms in total. The van der Waals surface area contributed by atoms with Gasteiger partial charge in [-0.1, -0.05) is 84.9 Å². The predicted octanol–water partition coefficient (Wildman–Crippen LogP) is 4.82. The molecule has 0 N–H and O–H groups in total. The van der Waals surface area contributed by atoms with Crippen LogP contribution in [0, 0.1) is 0 Å². The van der Waals surface area contributed by atoms with E-state index in [9.17, 15) is 9.59 Å². The van der Waals surface area contributed by atoms with E-state index in [-0.39, 0.29) is 19.3 Å². The molecule has 0 aliphatic carbocycles. The minimum absolute atomic E-state index is 0.119. The van der Waals surface area contributed by atoms with Crippen LogP contribution in [0.5, 0.6) is 0 Å². The minimum Gasteiger partial charge on any atom is -0.467 e. The second kappa shape index (κ2) is 10.8. The molecule has 170 valence electrons. The van der Waals surface area contributed by atoms with Crippen molar-refractivity contribution < 1.29 is 23.8 Å². The van der Waals surface area contributed by atoms with E-state index < -0.39 is 18.1 Å². The normalized spacial score (nSPS) is 17.5. The molecule has 1 heterocycles. The maximum absolute atomic E-state index is 12.8. The van der Waals surface area contributed by atoms with Crippen LogP contribution in [-0.2, 0) is 32.2 Å². The van der Waals surface area contributed by atoms with E-state index in [4.69, 9.17) is 14.2 Å². The number of amides is 1. The Labute approximate surface area is 193 Å². The zero-order valence-electron chi connectivity index (χ0n) is 18.6. The topological polar surface area (TPSA) is 65.1 Å². The van der Waals surface area contributed by atoms with Crippen LogP contribution in [0.1, 0.15) is 17.5 Å². The van der Waals surface area contributed by atoms with Crippen LogP contribution >= 0.6 is 0 Å². The van der Waals surface area contributed by atoms with Gasteiger partial charge in [0.15, 0.2) is 0 Å². The smallest absolute Gasteiger partial charge is 0.410 e. The van der Waals surface area contributed by atoms with Gasteiger partial charge in [-0.15, -0.1) is 0 Å². The monoisotopic (exact) mass is 445 g/mol. The first kappa shape index (κ1) is 22.6. The van der Waals surface area contributed by atoms with Crippen molar-refractivity contribution in [2.75, 3.05) is 13.7 Å². The van der Waals surface area contributed by atoms with Crippen LogP contribution < -0.4 is 0 Å². The van der Waals surface area contributed by atoms with Crippen molar-refractivity contribution in [3.63, 3.8) is 0 Å². The standard InChI is InChI=1S/C27H27NO5/c1-31-26(29)25-16-24(32-18-20-8-4-2-5-9-20)17-28(25)27(30)33-19-21-12-14-23(15-13-21)22-10-6-3-7-11-22/h2-15,24-25H,16-19H2,1H3. The summed E-state index contributed by atoms with van der Waals surface area (Å²) in [6, 6.07) is 27.0. The van der Waals surface area contributed by atoms with Crippen molar-refractivity contribution in [2.45, 2.75) is 31.8 Å². The van der Waals surface area contributed by atoms with Crippen LogP contribution in [0.15, 0.2) is 84.9 Å². The third-order valence-corrected chi connectivity index (χ3v) is 5.72. The quantitative estimate of drug-likeness (QED) is 0.488. The summed E-state index contributed by atoms with van der Waals surface area (Å²) >= 11 is 0. The molecule has 0 spiro atoms.